The van der Waals surface area contributed by atoms with Crippen molar-refractivity contribution in [1.82, 2.24) is 20.4 Å². The first-order valence-corrected chi connectivity index (χ1v) is 15.6. The van der Waals surface area contributed by atoms with Crippen LogP contribution in [-0.2, 0) is 35.1 Å². The third-order valence-corrected chi connectivity index (χ3v) is 7.34. The highest BCUT2D eigenvalue weighted by Crippen LogP contribution is 2.26. The summed E-state index contributed by atoms with van der Waals surface area (Å²) >= 11 is 17.0. The van der Waals surface area contributed by atoms with Crippen molar-refractivity contribution in [2.45, 2.75) is 81.9 Å². The number of aliphatic hydroxyl groups is 1. The normalized spacial score (nSPS) is 14.9. The Kier molecular flexibility index (Phi) is 16.5. The third kappa shape index (κ3) is 13.6. The van der Waals surface area contributed by atoms with Gasteiger partial charge < -0.3 is 30.3 Å². The zero-order valence-corrected chi connectivity index (χ0v) is 28.6. The van der Waals surface area contributed by atoms with Crippen LogP contribution in [0.3, 0.4) is 0 Å². The Balaban J connectivity index is 3.09. The first-order chi connectivity index (χ1) is 20.4. The number of aliphatic hydroxyl groups excluding tert-OH is 1. The monoisotopic (exact) mass is 678 g/mol. The van der Waals surface area contributed by atoms with Crippen molar-refractivity contribution in [1.29, 1.82) is 0 Å². The fourth-order valence-corrected chi connectivity index (χ4v) is 4.45. The first kappa shape index (κ1) is 39.4. The molecule has 0 heterocycles. The highest BCUT2D eigenvalue weighted by molar-refractivity contribution is 6.67. The summed E-state index contributed by atoms with van der Waals surface area (Å²) in [5.41, 5.74) is 0.765. The van der Waals surface area contributed by atoms with Crippen LogP contribution in [0.25, 0.3) is 0 Å². The number of carbonyl (C=O) groups excluding carboxylic acids is 5. The van der Waals surface area contributed by atoms with Crippen LogP contribution >= 0.6 is 34.8 Å². The standard InChI is InChI=1S/C30H45Cl3N4O7/c1-8-19(4)25(29(43)44-17-30(31,32)33)35-24(39)16-36(6)28(42)22(15-21-12-10-9-11-13-21)37(7)27(41)20(5)34-26(40)23(38)14-18(2)3/h9-13,18-20,22-23,25,38H,8,14-17H2,1-7H3,(H,34,40)(H,35,39)/t19-,20-,22-,23-,25+/m1/s1. The largest absolute Gasteiger partial charge is 0.460 e. The maximum atomic E-state index is 13.7. The van der Waals surface area contributed by atoms with Gasteiger partial charge in [-0.25, -0.2) is 4.79 Å². The molecule has 0 unspecified atom stereocenters. The van der Waals surface area contributed by atoms with Gasteiger partial charge in [0.1, 0.15) is 30.8 Å². The van der Waals surface area contributed by atoms with Crippen molar-refractivity contribution in [3.05, 3.63) is 35.9 Å². The highest BCUT2D eigenvalue weighted by atomic mass is 35.6. The van der Waals surface area contributed by atoms with Crippen molar-refractivity contribution in [3.8, 4) is 0 Å². The van der Waals surface area contributed by atoms with E-state index in [4.69, 9.17) is 39.5 Å². The van der Waals surface area contributed by atoms with Crippen LogP contribution in [0.15, 0.2) is 30.3 Å². The number of benzene rings is 1. The van der Waals surface area contributed by atoms with Gasteiger partial charge in [0.05, 0.1) is 6.54 Å². The second-order valence-corrected chi connectivity index (χ2v) is 13.9. The van der Waals surface area contributed by atoms with E-state index in [0.29, 0.717) is 6.42 Å². The Morgan fingerprint density at radius 3 is 2.07 bits per heavy atom. The number of nitrogens with one attached hydrogen (secondary N) is 2. The van der Waals surface area contributed by atoms with Crippen molar-refractivity contribution in [3.63, 3.8) is 0 Å². The first-order valence-electron chi connectivity index (χ1n) is 14.4. The quantitative estimate of drug-likeness (QED) is 0.180. The smallest absolute Gasteiger partial charge is 0.329 e. The fourth-order valence-electron chi connectivity index (χ4n) is 4.29. The molecule has 1 rings (SSSR count). The van der Waals surface area contributed by atoms with Crippen LogP contribution in [0.2, 0.25) is 0 Å². The number of halogens is 3. The van der Waals surface area contributed by atoms with Gasteiger partial charge in [0.25, 0.3) is 0 Å². The zero-order valence-electron chi connectivity index (χ0n) is 26.3. The van der Waals surface area contributed by atoms with E-state index in [2.05, 4.69) is 10.6 Å². The molecule has 0 aliphatic rings. The molecule has 0 saturated carbocycles. The Morgan fingerprint density at radius 1 is 0.955 bits per heavy atom. The lowest BCUT2D eigenvalue weighted by atomic mass is 9.99. The molecule has 0 fully saturated rings. The van der Waals surface area contributed by atoms with Crippen LogP contribution in [-0.4, -0.2) is 99.8 Å². The van der Waals surface area contributed by atoms with Crippen LogP contribution in [0.4, 0.5) is 0 Å². The molecule has 0 spiro atoms. The number of nitrogens with zero attached hydrogens (tertiary/aromatic N) is 2. The van der Waals surface area contributed by atoms with Crippen molar-refractivity contribution in [2.75, 3.05) is 27.2 Å². The van der Waals surface area contributed by atoms with Crippen LogP contribution in [0.1, 0.15) is 53.0 Å². The minimum Gasteiger partial charge on any atom is -0.460 e. The number of carbonyl (C=O) groups is 5. The molecule has 3 N–H and O–H groups in total. The van der Waals surface area contributed by atoms with Crippen LogP contribution in [0, 0.1) is 11.8 Å². The number of ether oxygens (including phenoxy) is 1. The van der Waals surface area contributed by atoms with Gasteiger partial charge in [-0.05, 0) is 30.7 Å². The molecule has 1 aromatic rings. The second-order valence-electron chi connectivity index (χ2n) is 11.4. The molecule has 5 atom stereocenters. The number of likely N-dealkylation sites (N-methyl/N-ethyl adjacent to an activating group) is 2. The van der Waals surface area contributed by atoms with Crippen molar-refractivity contribution < 1.29 is 33.8 Å². The van der Waals surface area contributed by atoms with Gasteiger partial charge in [-0.1, -0.05) is 99.3 Å². The fraction of sp³-hybridized carbons (Fsp3) is 0.633. The molecular formula is C30H45Cl3N4O7. The average Bonchev–Trinajstić information content (AvgIpc) is 2.95. The predicted molar refractivity (Wildman–Crippen MR) is 170 cm³/mol. The molecule has 0 aromatic heterocycles. The zero-order chi connectivity index (χ0) is 33.8. The number of hydrogen-bond acceptors (Lipinski definition) is 7. The molecule has 14 heteroatoms. The summed E-state index contributed by atoms with van der Waals surface area (Å²) in [6.07, 6.45) is -0.394. The summed E-state index contributed by atoms with van der Waals surface area (Å²) in [5, 5.41) is 15.3. The maximum Gasteiger partial charge on any atom is 0.329 e. The van der Waals surface area contributed by atoms with Crippen molar-refractivity contribution in [2.24, 2.45) is 11.8 Å². The van der Waals surface area contributed by atoms with Crippen molar-refractivity contribution >= 4 is 64.4 Å². The summed E-state index contributed by atoms with van der Waals surface area (Å²) < 4.78 is 3.25. The second kappa shape index (κ2) is 18.4. The van der Waals surface area contributed by atoms with E-state index in [1.165, 1.54) is 25.9 Å². The number of esters is 1. The highest BCUT2D eigenvalue weighted by Gasteiger charge is 2.35. The molecule has 0 saturated heterocycles. The summed E-state index contributed by atoms with van der Waals surface area (Å²) in [5.74, 6) is -3.46. The predicted octanol–water partition coefficient (Wildman–Crippen LogP) is 2.87. The Hall–Kier alpha value is -2.60. The molecule has 1 aromatic carbocycles. The Labute approximate surface area is 274 Å². The van der Waals surface area contributed by atoms with Gasteiger partial charge in [0.2, 0.25) is 27.4 Å². The summed E-state index contributed by atoms with van der Waals surface area (Å²) in [7, 11) is 2.85. The molecular weight excluding hydrogens is 635 g/mol. The Bertz CT molecular complexity index is 1120. The molecule has 0 aliphatic carbocycles. The van der Waals surface area contributed by atoms with E-state index >= 15 is 0 Å². The van der Waals surface area contributed by atoms with Gasteiger partial charge >= 0.3 is 5.97 Å². The van der Waals surface area contributed by atoms with E-state index in [1.54, 1.807) is 31.2 Å². The van der Waals surface area contributed by atoms with Crippen LogP contribution in [0.5, 0.6) is 0 Å². The maximum absolute atomic E-state index is 13.7. The molecule has 0 bridgehead atoms. The summed E-state index contributed by atoms with van der Waals surface area (Å²) in [6, 6.07) is 5.89. The van der Waals surface area contributed by atoms with Crippen LogP contribution < -0.4 is 10.6 Å². The molecule has 248 valence electrons. The van der Waals surface area contributed by atoms with E-state index < -0.39 is 70.8 Å². The molecule has 44 heavy (non-hydrogen) atoms. The number of alkyl halides is 3. The SMILES string of the molecule is CC[C@@H](C)[C@H](NC(=O)CN(C)C(=O)[C@@H](Cc1ccccc1)N(C)C(=O)[C@@H](C)NC(=O)[C@H](O)CC(C)C)C(=O)OCC(Cl)(Cl)Cl. The lowest BCUT2D eigenvalue weighted by molar-refractivity contribution is -0.150. The van der Waals surface area contributed by atoms with Gasteiger partial charge in [-0.2, -0.15) is 0 Å². The Morgan fingerprint density at radius 2 is 1.55 bits per heavy atom. The van der Waals surface area contributed by atoms with Gasteiger partial charge in [0.15, 0.2) is 0 Å². The molecule has 0 aliphatic heterocycles. The summed E-state index contributed by atoms with van der Waals surface area (Å²) in [4.78, 5) is 67.6. The topological polar surface area (TPSA) is 145 Å². The number of hydrogen-bond donors (Lipinski definition) is 3. The van der Waals surface area contributed by atoms with Gasteiger partial charge in [-0.3, -0.25) is 19.2 Å². The number of rotatable bonds is 16. The van der Waals surface area contributed by atoms with E-state index in [1.807, 2.05) is 26.8 Å². The lowest BCUT2D eigenvalue weighted by Gasteiger charge is -2.33. The summed E-state index contributed by atoms with van der Waals surface area (Å²) in [6.45, 7) is 7.83. The third-order valence-electron chi connectivity index (χ3n) is 7.02. The van der Waals surface area contributed by atoms with Gasteiger partial charge in [0, 0.05) is 20.5 Å². The van der Waals surface area contributed by atoms with E-state index in [-0.39, 0.29) is 24.7 Å². The number of amides is 4. The molecule has 11 nitrogen and oxygen atoms in total. The minimum atomic E-state index is -1.82. The lowest BCUT2D eigenvalue weighted by Crippen LogP contribution is -2.56. The average molecular weight is 680 g/mol. The molecule has 4 amide bonds. The molecule has 0 radical (unpaired) electrons. The minimum absolute atomic E-state index is 0.0672. The van der Waals surface area contributed by atoms with E-state index in [9.17, 15) is 29.1 Å². The van der Waals surface area contributed by atoms with E-state index in [0.717, 1.165) is 10.5 Å². The van der Waals surface area contributed by atoms with Gasteiger partial charge in [-0.15, -0.1) is 0 Å².